The first-order valence-corrected chi connectivity index (χ1v) is 9.57. The first-order valence-electron chi connectivity index (χ1n) is 8.69. The average Bonchev–Trinajstić information content (AvgIpc) is 3.24. The van der Waals surface area contributed by atoms with E-state index in [1.54, 1.807) is 24.6 Å². The molecular weight excluding hydrogens is 334 g/mol. The van der Waals surface area contributed by atoms with Crippen LogP contribution >= 0.6 is 11.3 Å². The van der Waals surface area contributed by atoms with E-state index in [9.17, 15) is 0 Å². The van der Waals surface area contributed by atoms with Crippen LogP contribution in [0.5, 0.6) is 0 Å². The van der Waals surface area contributed by atoms with Gasteiger partial charge >= 0.3 is 0 Å². The molecule has 138 valence electrons. The largest absolute Gasteiger partial charge is 0.443 e. The van der Waals surface area contributed by atoms with Crippen molar-refractivity contribution in [1.82, 2.24) is 20.5 Å². The molecule has 2 N–H and O–H groups in total. The van der Waals surface area contributed by atoms with E-state index in [2.05, 4.69) is 53.2 Å². The van der Waals surface area contributed by atoms with Crippen LogP contribution in [0.4, 0.5) is 0 Å². The van der Waals surface area contributed by atoms with Crippen LogP contribution in [0.25, 0.3) is 10.8 Å². The fraction of sp³-hybridized carbons (Fsp3) is 0.556. The molecule has 0 radical (unpaired) electrons. The zero-order valence-corrected chi connectivity index (χ0v) is 16.6. The van der Waals surface area contributed by atoms with Crippen LogP contribution in [0, 0.1) is 0 Å². The topological polar surface area (TPSA) is 65.7 Å². The highest BCUT2D eigenvalue weighted by Crippen LogP contribution is 2.23. The van der Waals surface area contributed by atoms with E-state index < -0.39 is 0 Å². The molecule has 0 aliphatic carbocycles. The maximum absolute atomic E-state index is 5.53. The minimum absolute atomic E-state index is 0.530. The van der Waals surface area contributed by atoms with Gasteiger partial charge in [0, 0.05) is 32.2 Å². The maximum Gasteiger partial charge on any atom is 0.236 e. The van der Waals surface area contributed by atoms with Crippen LogP contribution in [0.3, 0.4) is 0 Å². The van der Waals surface area contributed by atoms with Crippen LogP contribution in [-0.4, -0.2) is 48.1 Å². The summed E-state index contributed by atoms with van der Waals surface area (Å²) in [4.78, 5) is 12.3. The zero-order valence-electron chi connectivity index (χ0n) is 15.7. The van der Waals surface area contributed by atoms with Crippen LogP contribution in [-0.2, 0) is 6.54 Å². The number of rotatable bonds is 8. The summed E-state index contributed by atoms with van der Waals surface area (Å²) in [6.07, 6.45) is 1.69. The molecule has 0 fully saturated rings. The molecule has 2 heterocycles. The zero-order chi connectivity index (χ0) is 18.2. The third-order valence-corrected chi connectivity index (χ3v) is 4.79. The lowest BCUT2D eigenvalue weighted by atomic mass is 10.2. The van der Waals surface area contributed by atoms with E-state index in [1.807, 2.05) is 17.5 Å². The minimum atomic E-state index is 0.530. The molecule has 7 heteroatoms. The molecule has 2 aromatic heterocycles. The van der Waals surface area contributed by atoms with Crippen LogP contribution in [0.2, 0.25) is 0 Å². The van der Waals surface area contributed by atoms with E-state index in [0.29, 0.717) is 24.5 Å². The molecule has 0 aliphatic heterocycles. The summed E-state index contributed by atoms with van der Waals surface area (Å²) >= 11 is 1.62. The van der Waals surface area contributed by atoms with Gasteiger partial charge < -0.3 is 15.1 Å². The second-order valence-corrected chi connectivity index (χ2v) is 7.35. The Hall–Kier alpha value is -1.86. The first kappa shape index (κ1) is 19.5. The van der Waals surface area contributed by atoms with Gasteiger partial charge in [-0.2, -0.15) is 0 Å². The predicted octanol–water partition coefficient (Wildman–Crippen LogP) is 3.19. The van der Waals surface area contributed by atoms with E-state index in [1.165, 1.54) is 0 Å². The molecule has 2 aromatic rings. The van der Waals surface area contributed by atoms with Gasteiger partial charge in [0.1, 0.15) is 6.26 Å². The summed E-state index contributed by atoms with van der Waals surface area (Å²) in [7, 11) is 1.78. The van der Waals surface area contributed by atoms with Gasteiger partial charge in [0.25, 0.3) is 0 Å². The van der Waals surface area contributed by atoms with Gasteiger partial charge in [0.05, 0.1) is 17.1 Å². The molecular formula is C18H29N5OS. The number of guanidine groups is 1. The van der Waals surface area contributed by atoms with Crippen molar-refractivity contribution in [2.24, 2.45) is 4.99 Å². The Balaban J connectivity index is 1.79. The third-order valence-electron chi connectivity index (χ3n) is 3.93. The minimum Gasteiger partial charge on any atom is -0.443 e. The molecule has 0 saturated heterocycles. The van der Waals surface area contributed by atoms with E-state index in [4.69, 9.17) is 4.42 Å². The van der Waals surface area contributed by atoms with Gasteiger partial charge in [0.2, 0.25) is 5.89 Å². The van der Waals surface area contributed by atoms with Crippen molar-refractivity contribution in [2.45, 2.75) is 46.3 Å². The molecule has 25 heavy (non-hydrogen) atoms. The molecule has 0 saturated carbocycles. The number of aromatic nitrogens is 1. The Kier molecular flexibility index (Phi) is 7.46. The van der Waals surface area contributed by atoms with E-state index in [0.717, 1.165) is 29.6 Å². The Morgan fingerprint density at radius 2 is 2.04 bits per heavy atom. The first-order chi connectivity index (χ1) is 12.0. The summed E-state index contributed by atoms with van der Waals surface area (Å²) < 4.78 is 5.53. The molecule has 0 amide bonds. The average molecular weight is 364 g/mol. The number of hydrogen-bond acceptors (Lipinski definition) is 5. The molecule has 0 bridgehead atoms. The van der Waals surface area contributed by atoms with Gasteiger partial charge in [-0.1, -0.05) is 6.07 Å². The van der Waals surface area contributed by atoms with Gasteiger partial charge in [-0.25, -0.2) is 4.98 Å². The molecule has 0 aliphatic rings. The smallest absolute Gasteiger partial charge is 0.236 e. The SMILES string of the molecule is CN=C(NCCN(C(C)C)C(C)C)NCc1coc(-c2cccs2)n1. The highest BCUT2D eigenvalue weighted by atomic mass is 32.1. The van der Waals surface area contributed by atoms with Gasteiger partial charge in [-0.05, 0) is 39.1 Å². The molecule has 0 atom stereocenters. The maximum atomic E-state index is 5.53. The molecule has 0 unspecified atom stereocenters. The molecule has 2 rings (SSSR count). The van der Waals surface area contributed by atoms with Crippen molar-refractivity contribution in [3.05, 3.63) is 29.5 Å². The number of nitrogens with one attached hydrogen (secondary N) is 2. The Labute approximate surface area is 154 Å². The highest BCUT2D eigenvalue weighted by molar-refractivity contribution is 7.13. The molecule has 6 nitrogen and oxygen atoms in total. The van der Waals surface area contributed by atoms with Crippen LogP contribution in [0.15, 0.2) is 33.2 Å². The second-order valence-electron chi connectivity index (χ2n) is 6.40. The number of thiophene rings is 1. The summed E-state index contributed by atoms with van der Waals surface area (Å²) in [5.41, 5.74) is 0.859. The van der Waals surface area contributed by atoms with Crippen molar-refractivity contribution < 1.29 is 4.42 Å². The number of hydrogen-bond donors (Lipinski definition) is 2. The van der Waals surface area contributed by atoms with E-state index >= 15 is 0 Å². The van der Waals surface area contributed by atoms with Crippen molar-refractivity contribution >= 4 is 17.3 Å². The fourth-order valence-electron chi connectivity index (χ4n) is 2.71. The summed E-state index contributed by atoms with van der Waals surface area (Å²) in [6, 6.07) is 5.06. The Bertz CT molecular complexity index is 640. The van der Waals surface area contributed by atoms with Crippen LogP contribution < -0.4 is 10.6 Å². The third kappa shape index (κ3) is 5.86. The summed E-state index contributed by atoms with van der Waals surface area (Å²) in [5.74, 6) is 1.44. The highest BCUT2D eigenvalue weighted by Gasteiger charge is 2.13. The lowest BCUT2D eigenvalue weighted by Gasteiger charge is -2.30. The monoisotopic (exact) mass is 363 g/mol. The van der Waals surface area contributed by atoms with Crippen molar-refractivity contribution in [3.8, 4) is 10.8 Å². The number of aliphatic imine (C=N–C) groups is 1. The van der Waals surface area contributed by atoms with E-state index in [-0.39, 0.29) is 0 Å². The van der Waals surface area contributed by atoms with Gasteiger partial charge in [-0.3, -0.25) is 9.89 Å². The number of nitrogens with zero attached hydrogens (tertiary/aromatic N) is 3. The fourth-order valence-corrected chi connectivity index (χ4v) is 3.37. The van der Waals surface area contributed by atoms with Gasteiger partial charge in [0.15, 0.2) is 5.96 Å². The lowest BCUT2D eigenvalue weighted by molar-refractivity contribution is 0.178. The standard InChI is InChI=1S/C18H29N5OS/c1-13(2)23(14(3)4)9-8-20-18(19-5)21-11-15-12-24-17(22-15)16-7-6-10-25-16/h6-7,10,12-14H,8-9,11H2,1-5H3,(H2,19,20,21). The Morgan fingerprint density at radius 3 is 2.64 bits per heavy atom. The van der Waals surface area contributed by atoms with Crippen molar-refractivity contribution in [3.63, 3.8) is 0 Å². The quantitative estimate of drug-likeness (QED) is 0.557. The van der Waals surface area contributed by atoms with Gasteiger partial charge in [-0.15, -0.1) is 11.3 Å². The summed E-state index contributed by atoms with van der Waals surface area (Å²) in [5, 5.41) is 8.65. The Morgan fingerprint density at radius 1 is 1.28 bits per heavy atom. The van der Waals surface area contributed by atoms with Crippen molar-refractivity contribution in [1.29, 1.82) is 0 Å². The van der Waals surface area contributed by atoms with Crippen LogP contribution in [0.1, 0.15) is 33.4 Å². The second kappa shape index (κ2) is 9.58. The normalized spacial score (nSPS) is 12.4. The van der Waals surface area contributed by atoms with Crippen molar-refractivity contribution in [2.75, 3.05) is 20.1 Å². The number of oxazole rings is 1. The summed E-state index contributed by atoms with van der Waals surface area (Å²) in [6.45, 7) is 11.3. The molecule has 0 aromatic carbocycles. The predicted molar refractivity (Wildman–Crippen MR) is 105 cm³/mol. The molecule has 0 spiro atoms. The lowest BCUT2D eigenvalue weighted by Crippen LogP contribution is -2.45.